The largest absolute Gasteiger partial charge is 0.368 e. The van der Waals surface area contributed by atoms with Crippen molar-refractivity contribution in [3.63, 3.8) is 0 Å². The van der Waals surface area contributed by atoms with E-state index in [1.807, 2.05) is 17.9 Å². The lowest BCUT2D eigenvalue weighted by Gasteiger charge is -2.35. The molecule has 6 heteroatoms. The summed E-state index contributed by atoms with van der Waals surface area (Å²) in [5.41, 5.74) is 3.93. The molecule has 4 rings (SSSR count). The van der Waals surface area contributed by atoms with Gasteiger partial charge in [0.05, 0.1) is 17.0 Å². The number of carbonyl (C=O) groups is 1. The fraction of sp³-hybridized carbons (Fsp3) is 0.591. The number of pyridine rings is 1. The van der Waals surface area contributed by atoms with Gasteiger partial charge in [0.25, 0.3) is 5.91 Å². The predicted molar refractivity (Wildman–Crippen MR) is 106 cm³/mol. The third-order valence-electron chi connectivity index (χ3n) is 5.96. The van der Waals surface area contributed by atoms with Crippen LogP contribution in [0, 0.1) is 6.92 Å². The highest BCUT2D eigenvalue weighted by atomic mass is 16.5. The van der Waals surface area contributed by atoms with E-state index in [4.69, 9.17) is 14.2 Å². The van der Waals surface area contributed by atoms with Crippen LogP contribution in [-0.2, 0) is 16.0 Å². The van der Waals surface area contributed by atoms with Crippen LogP contribution >= 0.6 is 0 Å². The highest BCUT2D eigenvalue weighted by molar-refractivity contribution is 5.81. The second-order valence-corrected chi connectivity index (χ2v) is 7.82. The number of piperidine rings is 1. The molecule has 0 spiro atoms. The lowest BCUT2D eigenvalue weighted by Crippen LogP contribution is -2.45. The number of rotatable bonds is 4. The van der Waals surface area contributed by atoms with Crippen LogP contribution in [0.3, 0.4) is 0 Å². The fourth-order valence-electron chi connectivity index (χ4n) is 4.34. The van der Waals surface area contributed by atoms with Gasteiger partial charge < -0.3 is 14.2 Å². The first-order chi connectivity index (χ1) is 13.7. The van der Waals surface area contributed by atoms with Gasteiger partial charge in [0, 0.05) is 37.7 Å². The topological polar surface area (TPSA) is 68.5 Å². The first-order valence-corrected chi connectivity index (χ1v) is 10.5. The van der Waals surface area contributed by atoms with E-state index in [1.165, 1.54) is 0 Å². The molecule has 2 aromatic heterocycles. The van der Waals surface area contributed by atoms with Crippen LogP contribution in [0.2, 0.25) is 0 Å². The van der Waals surface area contributed by atoms with Crippen LogP contribution in [0.15, 0.2) is 22.7 Å². The van der Waals surface area contributed by atoms with E-state index in [0.717, 1.165) is 80.0 Å². The van der Waals surface area contributed by atoms with E-state index in [0.29, 0.717) is 12.5 Å². The Morgan fingerprint density at radius 1 is 1.21 bits per heavy atom. The van der Waals surface area contributed by atoms with Gasteiger partial charge in [-0.1, -0.05) is 18.1 Å². The molecule has 0 radical (unpaired) electrons. The highest BCUT2D eigenvalue weighted by Gasteiger charge is 2.30. The van der Waals surface area contributed by atoms with Gasteiger partial charge in [-0.05, 0) is 51.2 Å². The Kier molecular flexibility index (Phi) is 5.76. The van der Waals surface area contributed by atoms with Crippen LogP contribution in [0.5, 0.6) is 0 Å². The van der Waals surface area contributed by atoms with Crippen LogP contribution in [0.4, 0.5) is 0 Å². The monoisotopic (exact) mass is 383 g/mol. The van der Waals surface area contributed by atoms with Crippen molar-refractivity contribution in [2.45, 2.75) is 64.4 Å². The van der Waals surface area contributed by atoms with Crippen molar-refractivity contribution in [1.82, 2.24) is 15.0 Å². The first kappa shape index (κ1) is 19.1. The number of aromatic nitrogens is 2. The summed E-state index contributed by atoms with van der Waals surface area (Å²) in [6, 6.07) is 6.20. The maximum absolute atomic E-state index is 12.7. The lowest BCUT2D eigenvalue weighted by molar-refractivity contribution is -0.147. The number of carbonyl (C=O) groups excluding carboxylic acids is 1. The maximum atomic E-state index is 12.7. The van der Waals surface area contributed by atoms with Crippen molar-refractivity contribution >= 4 is 5.91 Å². The van der Waals surface area contributed by atoms with Crippen molar-refractivity contribution in [1.29, 1.82) is 0 Å². The summed E-state index contributed by atoms with van der Waals surface area (Å²) < 4.78 is 11.1. The average molecular weight is 383 g/mol. The normalized spacial score (nSPS) is 21.1. The molecule has 2 aliphatic rings. The van der Waals surface area contributed by atoms with E-state index < -0.39 is 0 Å². The minimum absolute atomic E-state index is 0.174. The third kappa shape index (κ3) is 3.83. The molecular formula is C22H29N3O3. The third-order valence-corrected chi connectivity index (χ3v) is 5.96. The summed E-state index contributed by atoms with van der Waals surface area (Å²) >= 11 is 0. The Labute approximate surface area is 166 Å². The van der Waals surface area contributed by atoms with Crippen LogP contribution in [0.1, 0.15) is 62.1 Å². The van der Waals surface area contributed by atoms with Gasteiger partial charge in [0.1, 0.15) is 11.9 Å². The molecule has 0 unspecified atom stereocenters. The number of nitrogens with zero attached hydrogens (tertiary/aromatic N) is 3. The van der Waals surface area contributed by atoms with Gasteiger partial charge in [-0.2, -0.15) is 0 Å². The Bertz CT molecular complexity index is 818. The van der Waals surface area contributed by atoms with E-state index in [-0.39, 0.29) is 12.0 Å². The highest BCUT2D eigenvalue weighted by Crippen LogP contribution is 2.31. The number of hydrogen-bond acceptors (Lipinski definition) is 5. The second-order valence-electron chi connectivity index (χ2n) is 7.82. The Morgan fingerprint density at radius 2 is 2.04 bits per heavy atom. The minimum Gasteiger partial charge on any atom is -0.368 e. The Balaban J connectivity index is 1.44. The molecule has 0 aliphatic carbocycles. The first-order valence-electron chi connectivity index (χ1n) is 10.5. The molecule has 0 aromatic carbocycles. The van der Waals surface area contributed by atoms with Crippen molar-refractivity contribution < 1.29 is 14.1 Å². The number of amides is 1. The number of hydrogen-bond donors (Lipinski definition) is 0. The van der Waals surface area contributed by atoms with Crippen molar-refractivity contribution in [2.75, 3.05) is 19.7 Å². The predicted octanol–water partition coefficient (Wildman–Crippen LogP) is 3.88. The summed E-state index contributed by atoms with van der Waals surface area (Å²) in [5.74, 6) is 1.43. The minimum atomic E-state index is -0.226. The smallest absolute Gasteiger partial charge is 0.251 e. The molecule has 6 nitrogen and oxygen atoms in total. The average Bonchev–Trinajstić information content (AvgIpc) is 3.14. The molecule has 4 heterocycles. The van der Waals surface area contributed by atoms with E-state index >= 15 is 0 Å². The zero-order valence-electron chi connectivity index (χ0n) is 16.8. The molecule has 0 bridgehead atoms. The Morgan fingerprint density at radius 3 is 2.75 bits per heavy atom. The van der Waals surface area contributed by atoms with Gasteiger partial charge >= 0.3 is 0 Å². The number of likely N-dealkylation sites (tertiary alicyclic amines) is 1. The SMILES string of the molecule is CCc1onc(C)c1-c1cccc(C2CCN(C(=O)[C@H]3CCCCO3)CC2)n1. The Hall–Kier alpha value is -2.21. The summed E-state index contributed by atoms with van der Waals surface area (Å²) in [6.45, 7) is 6.30. The zero-order chi connectivity index (χ0) is 19.5. The van der Waals surface area contributed by atoms with Gasteiger partial charge in [-0.25, -0.2) is 0 Å². The van der Waals surface area contributed by atoms with Crippen molar-refractivity contribution in [3.8, 4) is 11.3 Å². The van der Waals surface area contributed by atoms with Crippen LogP contribution < -0.4 is 0 Å². The van der Waals surface area contributed by atoms with Crippen molar-refractivity contribution in [2.24, 2.45) is 0 Å². The fourth-order valence-corrected chi connectivity index (χ4v) is 4.34. The van der Waals surface area contributed by atoms with Crippen LogP contribution in [-0.4, -0.2) is 46.7 Å². The molecule has 1 atom stereocenters. The maximum Gasteiger partial charge on any atom is 0.251 e. The molecule has 0 saturated carbocycles. The standard InChI is InChI=1S/C22H29N3O3/c1-3-19-21(15(2)24-28-19)18-8-6-7-17(23-18)16-10-12-25(13-11-16)22(26)20-9-4-5-14-27-20/h6-8,16,20H,3-5,9-14H2,1-2H3/t20-/m1/s1. The lowest BCUT2D eigenvalue weighted by atomic mass is 9.92. The molecule has 1 amide bonds. The summed E-state index contributed by atoms with van der Waals surface area (Å²) in [7, 11) is 0. The number of ether oxygens (including phenoxy) is 1. The second kappa shape index (κ2) is 8.43. The molecule has 150 valence electrons. The quantitative estimate of drug-likeness (QED) is 0.801. The molecule has 0 N–H and O–H groups in total. The molecule has 28 heavy (non-hydrogen) atoms. The van der Waals surface area contributed by atoms with Crippen LogP contribution in [0.25, 0.3) is 11.3 Å². The number of aryl methyl sites for hydroxylation is 2. The van der Waals surface area contributed by atoms with Gasteiger partial charge in [-0.15, -0.1) is 0 Å². The van der Waals surface area contributed by atoms with E-state index in [1.54, 1.807) is 0 Å². The molecular weight excluding hydrogens is 354 g/mol. The molecule has 2 fully saturated rings. The van der Waals surface area contributed by atoms with Gasteiger partial charge in [-0.3, -0.25) is 9.78 Å². The van der Waals surface area contributed by atoms with Gasteiger partial charge in [0.2, 0.25) is 0 Å². The molecule has 2 aliphatic heterocycles. The zero-order valence-corrected chi connectivity index (χ0v) is 16.8. The van der Waals surface area contributed by atoms with E-state index in [9.17, 15) is 4.79 Å². The molecule has 2 saturated heterocycles. The van der Waals surface area contributed by atoms with E-state index in [2.05, 4.69) is 24.2 Å². The van der Waals surface area contributed by atoms with Gasteiger partial charge in [0.15, 0.2) is 0 Å². The summed E-state index contributed by atoms with van der Waals surface area (Å²) in [5, 5.41) is 4.11. The summed E-state index contributed by atoms with van der Waals surface area (Å²) in [4.78, 5) is 19.6. The summed E-state index contributed by atoms with van der Waals surface area (Å²) in [6.07, 6.45) is 5.48. The van der Waals surface area contributed by atoms with Crippen molar-refractivity contribution in [3.05, 3.63) is 35.3 Å². The molecule has 2 aromatic rings.